The number of carbonyl (C=O) groups excluding carboxylic acids is 1. The normalized spacial score (nSPS) is 10.6. The van der Waals surface area contributed by atoms with Gasteiger partial charge in [-0.05, 0) is 53.7 Å². The number of amides is 1. The number of nitrogens with one attached hydrogen (secondary N) is 2. The van der Waals surface area contributed by atoms with E-state index < -0.39 is 0 Å². The van der Waals surface area contributed by atoms with E-state index in [1.54, 1.807) is 17.5 Å². The molecule has 0 radical (unpaired) electrons. The van der Waals surface area contributed by atoms with Gasteiger partial charge in [-0.25, -0.2) is 14.6 Å². The fourth-order valence-electron chi connectivity index (χ4n) is 2.33. The molecule has 0 aliphatic heterocycles. The summed E-state index contributed by atoms with van der Waals surface area (Å²) < 4.78 is 1.53. The van der Waals surface area contributed by atoms with Crippen molar-refractivity contribution in [2.24, 2.45) is 0 Å². The molecule has 0 spiro atoms. The molecule has 0 unspecified atom stereocenters. The van der Waals surface area contributed by atoms with Crippen LogP contribution in [0.3, 0.4) is 0 Å². The Labute approximate surface area is 158 Å². The lowest BCUT2D eigenvalue weighted by Crippen LogP contribution is -2.12. The van der Waals surface area contributed by atoms with Crippen LogP contribution in [0.2, 0.25) is 0 Å². The van der Waals surface area contributed by atoms with Gasteiger partial charge in [0, 0.05) is 16.8 Å². The molecule has 0 aliphatic rings. The number of aromatic nitrogens is 6. The minimum absolute atomic E-state index is 0.285. The van der Waals surface area contributed by atoms with Crippen LogP contribution in [-0.2, 0) is 0 Å². The largest absolute Gasteiger partial charge is 0.321 e. The van der Waals surface area contributed by atoms with Crippen molar-refractivity contribution in [1.82, 2.24) is 30.2 Å². The standard InChI is InChI=1S/C17H14N8OS/c1-11-3-2-4-15(19-11)22-17-21-14(9-27-17)16(26)20-12-5-7-13(8-6-12)25-10-18-23-24-25/h2-10H,1H3,(H,20,26)(H,19,21,22). The number of tetrazole rings is 1. The lowest BCUT2D eigenvalue weighted by atomic mass is 10.2. The van der Waals surface area contributed by atoms with Crippen molar-refractivity contribution in [2.75, 3.05) is 10.6 Å². The van der Waals surface area contributed by atoms with Crippen LogP contribution in [0.25, 0.3) is 5.69 Å². The van der Waals surface area contributed by atoms with Gasteiger partial charge in [-0.3, -0.25) is 4.79 Å². The maximum atomic E-state index is 12.4. The second-order valence-electron chi connectivity index (χ2n) is 5.58. The first-order chi connectivity index (χ1) is 13.2. The highest BCUT2D eigenvalue weighted by molar-refractivity contribution is 7.14. The Kier molecular flexibility index (Phi) is 4.54. The molecule has 3 heterocycles. The number of rotatable bonds is 5. The zero-order chi connectivity index (χ0) is 18.6. The van der Waals surface area contributed by atoms with Gasteiger partial charge in [0.25, 0.3) is 5.91 Å². The van der Waals surface area contributed by atoms with E-state index in [2.05, 4.69) is 36.1 Å². The van der Waals surface area contributed by atoms with E-state index in [0.717, 1.165) is 11.4 Å². The van der Waals surface area contributed by atoms with Crippen molar-refractivity contribution >= 4 is 33.9 Å². The third kappa shape index (κ3) is 3.96. The van der Waals surface area contributed by atoms with Crippen molar-refractivity contribution in [1.29, 1.82) is 0 Å². The number of thiazole rings is 1. The molecule has 4 rings (SSSR count). The van der Waals surface area contributed by atoms with E-state index in [1.807, 2.05) is 37.3 Å². The summed E-state index contributed by atoms with van der Waals surface area (Å²) in [6.07, 6.45) is 1.50. The van der Waals surface area contributed by atoms with Crippen molar-refractivity contribution in [3.63, 3.8) is 0 Å². The molecule has 1 aromatic carbocycles. The maximum Gasteiger partial charge on any atom is 0.275 e. The van der Waals surface area contributed by atoms with Gasteiger partial charge in [0.15, 0.2) is 5.13 Å². The molecule has 0 saturated heterocycles. The van der Waals surface area contributed by atoms with E-state index in [-0.39, 0.29) is 5.91 Å². The topological polar surface area (TPSA) is 111 Å². The van der Waals surface area contributed by atoms with E-state index in [9.17, 15) is 4.79 Å². The summed E-state index contributed by atoms with van der Waals surface area (Å²) >= 11 is 1.34. The minimum Gasteiger partial charge on any atom is -0.321 e. The fraction of sp³-hybridized carbons (Fsp3) is 0.0588. The molecule has 0 fully saturated rings. The first-order valence-electron chi connectivity index (χ1n) is 7.98. The molecule has 0 saturated carbocycles. The van der Waals surface area contributed by atoms with E-state index >= 15 is 0 Å². The van der Waals surface area contributed by atoms with Crippen molar-refractivity contribution in [3.05, 3.63) is 65.6 Å². The Morgan fingerprint density at radius 3 is 2.70 bits per heavy atom. The van der Waals surface area contributed by atoms with Gasteiger partial charge in [-0.1, -0.05) is 6.07 Å². The molecule has 3 aromatic heterocycles. The number of nitrogens with zero attached hydrogens (tertiary/aromatic N) is 6. The van der Waals surface area contributed by atoms with Crippen molar-refractivity contribution in [2.45, 2.75) is 6.92 Å². The molecule has 1 amide bonds. The lowest BCUT2D eigenvalue weighted by molar-refractivity contribution is 0.102. The first kappa shape index (κ1) is 16.8. The SMILES string of the molecule is Cc1cccc(Nc2nc(C(=O)Nc3ccc(-n4cnnn4)cc3)cs2)n1. The molecular formula is C17H14N8OS. The molecule has 0 atom stereocenters. The molecular weight excluding hydrogens is 364 g/mol. The molecule has 0 bridgehead atoms. The summed E-state index contributed by atoms with van der Waals surface area (Å²) in [7, 11) is 0. The number of anilines is 3. The third-order valence-corrected chi connectivity index (χ3v) is 4.36. The zero-order valence-corrected chi connectivity index (χ0v) is 15.0. The monoisotopic (exact) mass is 378 g/mol. The van der Waals surface area contributed by atoms with Crippen LogP contribution in [0.4, 0.5) is 16.6 Å². The molecule has 2 N–H and O–H groups in total. The average molecular weight is 378 g/mol. The highest BCUT2D eigenvalue weighted by Gasteiger charge is 2.12. The van der Waals surface area contributed by atoms with Crippen molar-refractivity contribution in [3.8, 4) is 5.69 Å². The number of carbonyl (C=O) groups is 1. The van der Waals surface area contributed by atoms with E-state index in [0.29, 0.717) is 22.3 Å². The minimum atomic E-state index is -0.285. The number of pyridine rings is 1. The van der Waals surface area contributed by atoms with Gasteiger partial charge < -0.3 is 10.6 Å². The van der Waals surface area contributed by atoms with Crippen molar-refractivity contribution < 1.29 is 4.79 Å². The third-order valence-electron chi connectivity index (χ3n) is 3.60. The Morgan fingerprint density at radius 2 is 1.96 bits per heavy atom. The Balaban J connectivity index is 1.42. The highest BCUT2D eigenvalue weighted by Crippen LogP contribution is 2.21. The molecule has 9 nitrogen and oxygen atoms in total. The predicted octanol–water partition coefficient (Wildman–Crippen LogP) is 2.82. The lowest BCUT2D eigenvalue weighted by Gasteiger charge is -2.05. The summed E-state index contributed by atoms with van der Waals surface area (Å²) in [4.78, 5) is 21.1. The van der Waals surface area contributed by atoms with Crippen LogP contribution in [0.1, 0.15) is 16.2 Å². The molecule has 27 heavy (non-hydrogen) atoms. The summed E-state index contributed by atoms with van der Waals surface area (Å²) in [5.74, 6) is 0.404. The highest BCUT2D eigenvalue weighted by atomic mass is 32.1. The Bertz CT molecular complexity index is 1060. The summed E-state index contributed by atoms with van der Waals surface area (Å²) in [6.45, 7) is 1.91. The first-order valence-corrected chi connectivity index (χ1v) is 8.86. The Hall–Kier alpha value is -3.66. The van der Waals surface area contributed by atoms with Gasteiger partial charge in [-0.2, -0.15) is 0 Å². The van der Waals surface area contributed by atoms with Crippen LogP contribution in [0, 0.1) is 6.92 Å². The van der Waals surface area contributed by atoms with Crippen LogP contribution < -0.4 is 10.6 Å². The molecule has 0 aliphatic carbocycles. The number of hydrogen-bond acceptors (Lipinski definition) is 8. The van der Waals surface area contributed by atoms with Crippen LogP contribution in [0.5, 0.6) is 0 Å². The average Bonchev–Trinajstić information content (AvgIpc) is 3.34. The second-order valence-corrected chi connectivity index (χ2v) is 6.44. The number of benzene rings is 1. The van der Waals surface area contributed by atoms with Crippen LogP contribution in [0.15, 0.2) is 54.2 Å². The second kappa shape index (κ2) is 7.30. The van der Waals surface area contributed by atoms with E-state index in [1.165, 1.54) is 22.3 Å². The quantitative estimate of drug-likeness (QED) is 0.549. The van der Waals surface area contributed by atoms with E-state index in [4.69, 9.17) is 0 Å². The maximum absolute atomic E-state index is 12.4. The van der Waals surface area contributed by atoms with Gasteiger partial charge in [0.05, 0.1) is 5.69 Å². The van der Waals surface area contributed by atoms with Crippen LogP contribution in [-0.4, -0.2) is 36.1 Å². The summed E-state index contributed by atoms with van der Waals surface area (Å²) in [5.41, 5.74) is 2.68. The number of aryl methyl sites for hydroxylation is 1. The van der Waals surface area contributed by atoms with Gasteiger partial charge in [-0.15, -0.1) is 16.4 Å². The zero-order valence-electron chi connectivity index (χ0n) is 14.2. The number of hydrogen-bond donors (Lipinski definition) is 2. The molecule has 10 heteroatoms. The van der Waals surface area contributed by atoms with Gasteiger partial charge >= 0.3 is 0 Å². The fourth-order valence-corrected chi connectivity index (χ4v) is 3.03. The molecule has 134 valence electrons. The Morgan fingerprint density at radius 1 is 1.11 bits per heavy atom. The van der Waals surface area contributed by atoms with Crippen LogP contribution >= 0.6 is 11.3 Å². The van der Waals surface area contributed by atoms with Gasteiger partial charge in [0.1, 0.15) is 17.8 Å². The summed E-state index contributed by atoms with van der Waals surface area (Å²) in [6, 6.07) is 12.8. The predicted molar refractivity (Wildman–Crippen MR) is 101 cm³/mol. The summed E-state index contributed by atoms with van der Waals surface area (Å²) in [5, 5.41) is 19.2. The van der Waals surface area contributed by atoms with Gasteiger partial charge in [0.2, 0.25) is 0 Å². The molecule has 4 aromatic rings. The smallest absolute Gasteiger partial charge is 0.275 e.